The van der Waals surface area contributed by atoms with Gasteiger partial charge in [-0.05, 0) is 54.8 Å². The van der Waals surface area contributed by atoms with Gasteiger partial charge in [-0.2, -0.15) is 5.26 Å². The van der Waals surface area contributed by atoms with E-state index < -0.39 is 5.92 Å². The van der Waals surface area contributed by atoms with Gasteiger partial charge in [0.2, 0.25) is 0 Å². The van der Waals surface area contributed by atoms with Crippen LogP contribution in [0.3, 0.4) is 0 Å². The van der Waals surface area contributed by atoms with Gasteiger partial charge in [-0.1, -0.05) is 31.2 Å². The highest BCUT2D eigenvalue weighted by atomic mass is 19.3. The highest BCUT2D eigenvalue weighted by molar-refractivity contribution is 5.77. The first-order valence-electron chi connectivity index (χ1n) is 12.4. The molecule has 0 aliphatic carbocycles. The van der Waals surface area contributed by atoms with Gasteiger partial charge >= 0.3 is 0 Å². The number of aryl methyl sites for hydroxylation is 3. The van der Waals surface area contributed by atoms with E-state index in [0.29, 0.717) is 25.2 Å². The Kier molecular flexibility index (Phi) is 6.21. The fourth-order valence-corrected chi connectivity index (χ4v) is 5.01. The highest BCUT2D eigenvalue weighted by Gasteiger charge is 2.34. The van der Waals surface area contributed by atoms with E-state index in [4.69, 9.17) is 9.97 Å². The van der Waals surface area contributed by atoms with Crippen molar-refractivity contribution in [3.8, 4) is 17.2 Å². The summed E-state index contributed by atoms with van der Waals surface area (Å²) < 4.78 is 29.4. The van der Waals surface area contributed by atoms with Crippen LogP contribution in [0.1, 0.15) is 48.0 Å². The van der Waals surface area contributed by atoms with Crippen LogP contribution < -0.4 is 4.90 Å². The van der Waals surface area contributed by atoms with E-state index in [1.54, 1.807) is 6.07 Å². The molecule has 5 nitrogen and oxygen atoms in total. The molecule has 0 amide bonds. The molecule has 3 heterocycles. The van der Waals surface area contributed by atoms with Crippen molar-refractivity contribution >= 4 is 16.9 Å². The van der Waals surface area contributed by atoms with Crippen LogP contribution in [0.4, 0.5) is 14.5 Å². The van der Waals surface area contributed by atoms with Gasteiger partial charge in [-0.25, -0.2) is 18.7 Å². The molecule has 1 aliphatic rings. The molecule has 0 bridgehead atoms. The Hall–Kier alpha value is -3.79. The van der Waals surface area contributed by atoms with E-state index in [2.05, 4.69) is 42.7 Å². The molecule has 0 unspecified atom stereocenters. The van der Waals surface area contributed by atoms with Crippen molar-refractivity contribution in [3.05, 3.63) is 76.7 Å². The lowest BCUT2D eigenvalue weighted by atomic mass is 9.97. The summed E-state index contributed by atoms with van der Waals surface area (Å²) in [4.78, 5) is 11.6. The minimum Gasteiger partial charge on any atom is -0.371 e. The fourth-order valence-electron chi connectivity index (χ4n) is 5.01. The van der Waals surface area contributed by atoms with Crippen molar-refractivity contribution in [2.45, 2.75) is 52.5 Å². The molecule has 0 atom stereocenters. The molecule has 4 aromatic rings. The topological polar surface area (TPSA) is 57.7 Å². The number of hydrogen-bond donors (Lipinski definition) is 0. The number of hydrogen-bond acceptors (Lipinski definition) is 4. The van der Waals surface area contributed by atoms with E-state index in [9.17, 15) is 14.0 Å². The van der Waals surface area contributed by atoms with Crippen LogP contribution in [0.15, 0.2) is 48.5 Å². The molecule has 0 saturated carbocycles. The molecule has 184 valence electrons. The highest BCUT2D eigenvalue weighted by Crippen LogP contribution is 2.34. The predicted octanol–water partition coefficient (Wildman–Crippen LogP) is 6.43. The molecule has 1 aliphatic heterocycles. The molecule has 36 heavy (non-hydrogen) atoms. The van der Waals surface area contributed by atoms with Crippen LogP contribution in [0, 0.1) is 25.2 Å². The average Bonchev–Trinajstić information content (AvgIpc) is 3.21. The molecule has 2 aromatic carbocycles. The second-order valence-electron chi connectivity index (χ2n) is 9.60. The number of nitrogens with zero attached hydrogens (tertiary/aromatic N) is 5. The number of pyridine rings is 1. The first-order chi connectivity index (χ1) is 17.3. The Morgan fingerprint density at radius 2 is 1.72 bits per heavy atom. The third-order valence-corrected chi connectivity index (χ3v) is 7.01. The van der Waals surface area contributed by atoms with Crippen LogP contribution in [-0.2, 0) is 13.0 Å². The van der Waals surface area contributed by atoms with Crippen molar-refractivity contribution in [1.82, 2.24) is 14.5 Å². The largest absolute Gasteiger partial charge is 0.371 e. The quantitative estimate of drug-likeness (QED) is 0.327. The van der Waals surface area contributed by atoms with Crippen LogP contribution in [0.5, 0.6) is 0 Å². The smallest absolute Gasteiger partial charge is 0.251 e. The number of benzene rings is 2. The Bertz CT molecular complexity index is 1450. The summed E-state index contributed by atoms with van der Waals surface area (Å²) in [6, 6.07) is 18.1. The standard InChI is InChI=1S/C29H29F2N5/c1-4-26-34-27-19(2)15-20(3)33-28(27)36(26)18-21-5-7-22(8-6-21)25-16-24(10-9-23(25)17-32)35-13-11-29(30,31)12-14-35/h5-10,15-16H,4,11-14,18H2,1-3H3. The number of imidazole rings is 1. The minimum absolute atomic E-state index is 0.145. The molecular formula is C29H29F2N5. The summed E-state index contributed by atoms with van der Waals surface area (Å²) in [6.45, 7) is 7.44. The Morgan fingerprint density at radius 1 is 1.00 bits per heavy atom. The number of aromatic nitrogens is 3. The zero-order chi connectivity index (χ0) is 25.4. The summed E-state index contributed by atoms with van der Waals surface area (Å²) in [5, 5.41) is 9.70. The fraction of sp³-hybridized carbons (Fsp3) is 0.345. The van der Waals surface area contributed by atoms with Gasteiger partial charge in [0, 0.05) is 49.3 Å². The van der Waals surface area contributed by atoms with E-state index >= 15 is 0 Å². The van der Waals surface area contributed by atoms with Crippen LogP contribution >= 0.6 is 0 Å². The lowest BCUT2D eigenvalue weighted by molar-refractivity contribution is -0.0220. The van der Waals surface area contributed by atoms with Crippen LogP contribution in [0.25, 0.3) is 22.3 Å². The maximum atomic E-state index is 13.6. The Balaban J connectivity index is 1.44. The first-order valence-corrected chi connectivity index (χ1v) is 12.4. The van der Waals surface area contributed by atoms with Crippen molar-refractivity contribution in [1.29, 1.82) is 5.26 Å². The number of anilines is 1. The van der Waals surface area contributed by atoms with Crippen LogP contribution in [0.2, 0.25) is 0 Å². The molecular weight excluding hydrogens is 456 g/mol. The number of halogens is 2. The first kappa shape index (κ1) is 23.9. The maximum Gasteiger partial charge on any atom is 0.251 e. The van der Waals surface area contributed by atoms with Crippen molar-refractivity contribution in [2.24, 2.45) is 0 Å². The average molecular weight is 486 g/mol. The summed E-state index contributed by atoms with van der Waals surface area (Å²) in [5.41, 5.74) is 8.24. The van der Waals surface area contributed by atoms with Crippen molar-refractivity contribution < 1.29 is 8.78 Å². The molecule has 1 saturated heterocycles. The van der Waals surface area contributed by atoms with Gasteiger partial charge in [0.25, 0.3) is 5.92 Å². The molecule has 7 heteroatoms. The molecule has 0 spiro atoms. The van der Waals surface area contributed by atoms with E-state index in [1.807, 2.05) is 36.1 Å². The molecule has 0 N–H and O–H groups in total. The number of alkyl halides is 2. The molecule has 5 rings (SSSR count). The van der Waals surface area contributed by atoms with Gasteiger partial charge in [0.05, 0.1) is 18.2 Å². The summed E-state index contributed by atoms with van der Waals surface area (Å²) >= 11 is 0. The molecule has 0 radical (unpaired) electrons. The summed E-state index contributed by atoms with van der Waals surface area (Å²) in [7, 11) is 0. The summed E-state index contributed by atoms with van der Waals surface area (Å²) in [6.07, 6.45) is 0.523. The van der Waals surface area contributed by atoms with Crippen molar-refractivity contribution in [3.63, 3.8) is 0 Å². The zero-order valence-corrected chi connectivity index (χ0v) is 20.9. The zero-order valence-electron chi connectivity index (χ0n) is 20.9. The Labute approximate surface area is 210 Å². The van der Waals surface area contributed by atoms with Gasteiger partial charge in [-0.3, -0.25) is 0 Å². The normalized spacial score (nSPS) is 15.3. The lowest BCUT2D eigenvalue weighted by Crippen LogP contribution is -2.39. The van der Waals surface area contributed by atoms with Gasteiger partial charge in [0.15, 0.2) is 5.65 Å². The maximum absolute atomic E-state index is 13.6. The number of fused-ring (bicyclic) bond motifs is 1. The van der Waals surface area contributed by atoms with Gasteiger partial charge < -0.3 is 9.47 Å². The third-order valence-electron chi connectivity index (χ3n) is 7.01. The number of nitriles is 1. The lowest BCUT2D eigenvalue weighted by Gasteiger charge is -2.33. The second-order valence-corrected chi connectivity index (χ2v) is 9.60. The minimum atomic E-state index is -2.59. The summed E-state index contributed by atoms with van der Waals surface area (Å²) in [5.74, 6) is -1.59. The van der Waals surface area contributed by atoms with Gasteiger partial charge in [0.1, 0.15) is 11.3 Å². The van der Waals surface area contributed by atoms with E-state index in [1.165, 1.54) is 0 Å². The second kappa shape index (κ2) is 9.34. The molecule has 1 fully saturated rings. The van der Waals surface area contributed by atoms with Crippen LogP contribution in [-0.4, -0.2) is 33.5 Å². The SMILES string of the molecule is CCc1nc2c(C)cc(C)nc2n1Cc1ccc(-c2cc(N3CCC(F)(F)CC3)ccc2C#N)cc1. The predicted molar refractivity (Wildman–Crippen MR) is 138 cm³/mol. The van der Waals surface area contributed by atoms with Crippen molar-refractivity contribution in [2.75, 3.05) is 18.0 Å². The van der Waals surface area contributed by atoms with E-state index in [-0.39, 0.29) is 12.8 Å². The third kappa shape index (κ3) is 4.56. The number of rotatable bonds is 5. The Morgan fingerprint density at radius 3 is 2.39 bits per heavy atom. The number of piperidine rings is 1. The van der Waals surface area contributed by atoms with Gasteiger partial charge in [-0.15, -0.1) is 0 Å². The van der Waals surface area contributed by atoms with E-state index in [0.717, 1.165) is 57.0 Å². The monoisotopic (exact) mass is 485 g/mol. The molecule has 2 aromatic heterocycles.